The molecule has 13 heavy (non-hydrogen) atoms. The van der Waals surface area contributed by atoms with Crippen molar-refractivity contribution < 1.29 is 5.11 Å². The quantitative estimate of drug-likeness (QED) is 0.492. The van der Waals surface area contributed by atoms with Crippen molar-refractivity contribution in [3.63, 3.8) is 0 Å². The van der Waals surface area contributed by atoms with E-state index in [4.69, 9.17) is 10.8 Å². The van der Waals surface area contributed by atoms with Crippen molar-refractivity contribution >= 4 is 0 Å². The molecule has 0 saturated carbocycles. The van der Waals surface area contributed by atoms with Crippen LogP contribution in [-0.2, 0) is 0 Å². The molecule has 0 amide bonds. The van der Waals surface area contributed by atoms with Crippen LogP contribution < -0.4 is 11.1 Å². The van der Waals surface area contributed by atoms with Gasteiger partial charge in [0.1, 0.15) is 0 Å². The third-order valence-corrected chi connectivity index (χ3v) is 2.04. The predicted octanol–water partition coefficient (Wildman–Crippen LogP) is 0.722. The Bertz CT molecular complexity index is 107. The molecule has 0 rings (SSSR count). The molecule has 3 heteroatoms. The van der Waals surface area contributed by atoms with Crippen LogP contribution >= 0.6 is 0 Å². The Morgan fingerprint density at radius 3 is 2.54 bits per heavy atom. The fraction of sp³-hybridized carbons (Fsp3) is 1.00. The minimum absolute atomic E-state index is 0.346. The normalized spacial score (nSPS) is 13.6. The molecule has 0 heterocycles. The SMILES string of the molecule is CC(C)CCCCNCC(O)CN. The van der Waals surface area contributed by atoms with E-state index >= 15 is 0 Å². The lowest BCUT2D eigenvalue weighted by molar-refractivity contribution is 0.179. The summed E-state index contributed by atoms with van der Waals surface area (Å²) in [6, 6.07) is 0. The van der Waals surface area contributed by atoms with Crippen LogP contribution in [0.2, 0.25) is 0 Å². The third kappa shape index (κ3) is 9.80. The van der Waals surface area contributed by atoms with Crippen molar-refractivity contribution in [1.29, 1.82) is 0 Å². The Labute approximate surface area is 81.7 Å². The number of nitrogens with one attached hydrogen (secondary N) is 1. The molecule has 0 aliphatic rings. The Balaban J connectivity index is 2.99. The highest BCUT2D eigenvalue weighted by Gasteiger charge is 1.99. The van der Waals surface area contributed by atoms with Crippen LogP contribution in [0.3, 0.4) is 0 Å². The summed E-state index contributed by atoms with van der Waals surface area (Å²) >= 11 is 0. The zero-order chi connectivity index (χ0) is 10.1. The molecule has 1 atom stereocenters. The van der Waals surface area contributed by atoms with E-state index in [2.05, 4.69) is 19.2 Å². The molecule has 0 fully saturated rings. The van der Waals surface area contributed by atoms with Gasteiger partial charge in [-0.15, -0.1) is 0 Å². The lowest BCUT2D eigenvalue weighted by Gasteiger charge is -2.09. The van der Waals surface area contributed by atoms with Crippen LogP contribution in [0.15, 0.2) is 0 Å². The zero-order valence-electron chi connectivity index (χ0n) is 8.92. The molecule has 0 saturated heterocycles. The van der Waals surface area contributed by atoms with Gasteiger partial charge in [0.25, 0.3) is 0 Å². The van der Waals surface area contributed by atoms with Gasteiger partial charge in [0.2, 0.25) is 0 Å². The molecule has 0 bridgehead atoms. The minimum atomic E-state index is -0.384. The molecule has 0 aromatic heterocycles. The second kappa shape index (κ2) is 8.48. The van der Waals surface area contributed by atoms with Gasteiger partial charge in [-0.3, -0.25) is 0 Å². The van der Waals surface area contributed by atoms with E-state index in [-0.39, 0.29) is 6.10 Å². The highest BCUT2D eigenvalue weighted by molar-refractivity contribution is 4.59. The molecule has 0 aliphatic heterocycles. The van der Waals surface area contributed by atoms with Gasteiger partial charge >= 0.3 is 0 Å². The molecule has 80 valence electrons. The summed E-state index contributed by atoms with van der Waals surface area (Å²) in [5.74, 6) is 0.801. The summed E-state index contributed by atoms with van der Waals surface area (Å²) < 4.78 is 0. The number of hydrogen-bond donors (Lipinski definition) is 3. The molecule has 0 aromatic rings. The van der Waals surface area contributed by atoms with Crippen molar-refractivity contribution in [3.8, 4) is 0 Å². The Morgan fingerprint density at radius 2 is 2.00 bits per heavy atom. The first-order valence-corrected chi connectivity index (χ1v) is 5.25. The van der Waals surface area contributed by atoms with Crippen molar-refractivity contribution in [2.45, 2.75) is 39.2 Å². The van der Waals surface area contributed by atoms with Gasteiger partial charge in [0.05, 0.1) is 6.10 Å². The lowest BCUT2D eigenvalue weighted by Crippen LogP contribution is -2.33. The smallest absolute Gasteiger partial charge is 0.0786 e. The maximum absolute atomic E-state index is 9.12. The first kappa shape index (κ1) is 12.9. The molecular weight excluding hydrogens is 164 g/mol. The number of aliphatic hydroxyl groups excluding tert-OH is 1. The Hall–Kier alpha value is -0.120. The van der Waals surface area contributed by atoms with Crippen LogP contribution in [0.4, 0.5) is 0 Å². The molecular formula is C10H24N2O. The van der Waals surface area contributed by atoms with Gasteiger partial charge in [-0.2, -0.15) is 0 Å². The van der Waals surface area contributed by atoms with Gasteiger partial charge < -0.3 is 16.2 Å². The monoisotopic (exact) mass is 188 g/mol. The van der Waals surface area contributed by atoms with E-state index in [9.17, 15) is 0 Å². The van der Waals surface area contributed by atoms with E-state index in [1.54, 1.807) is 0 Å². The minimum Gasteiger partial charge on any atom is -0.390 e. The van der Waals surface area contributed by atoms with Crippen molar-refractivity contribution in [2.75, 3.05) is 19.6 Å². The predicted molar refractivity (Wildman–Crippen MR) is 56.6 cm³/mol. The first-order chi connectivity index (χ1) is 6.16. The van der Waals surface area contributed by atoms with Crippen molar-refractivity contribution in [1.82, 2.24) is 5.32 Å². The summed E-state index contributed by atoms with van der Waals surface area (Å²) in [7, 11) is 0. The number of rotatable bonds is 8. The maximum Gasteiger partial charge on any atom is 0.0786 e. The first-order valence-electron chi connectivity index (χ1n) is 5.25. The van der Waals surface area contributed by atoms with Gasteiger partial charge in [0.15, 0.2) is 0 Å². The Kier molecular flexibility index (Phi) is 8.40. The number of aliphatic hydroxyl groups is 1. The van der Waals surface area contributed by atoms with Gasteiger partial charge in [-0.25, -0.2) is 0 Å². The fourth-order valence-corrected chi connectivity index (χ4v) is 1.15. The van der Waals surface area contributed by atoms with Gasteiger partial charge in [-0.05, 0) is 18.9 Å². The summed E-state index contributed by atoms with van der Waals surface area (Å²) in [4.78, 5) is 0. The highest BCUT2D eigenvalue weighted by Crippen LogP contribution is 2.04. The van der Waals surface area contributed by atoms with Crippen molar-refractivity contribution in [3.05, 3.63) is 0 Å². The van der Waals surface area contributed by atoms with Crippen LogP contribution in [0.25, 0.3) is 0 Å². The van der Waals surface area contributed by atoms with Crippen LogP contribution in [0.5, 0.6) is 0 Å². The van der Waals surface area contributed by atoms with E-state index in [0.717, 1.165) is 12.5 Å². The topological polar surface area (TPSA) is 58.3 Å². The number of unbranched alkanes of at least 4 members (excludes halogenated alkanes) is 1. The summed E-state index contributed by atoms with van der Waals surface area (Å²) in [5, 5.41) is 12.3. The third-order valence-electron chi connectivity index (χ3n) is 2.04. The molecule has 3 nitrogen and oxygen atoms in total. The summed E-state index contributed by atoms with van der Waals surface area (Å²) in [6.07, 6.45) is 3.37. The highest BCUT2D eigenvalue weighted by atomic mass is 16.3. The van der Waals surface area contributed by atoms with Gasteiger partial charge in [0, 0.05) is 13.1 Å². The largest absolute Gasteiger partial charge is 0.390 e. The second-order valence-electron chi connectivity index (χ2n) is 3.98. The summed E-state index contributed by atoms with van der Waals surface area (Å²) in [6.45, 7) is 6.44. The zero-order valence-corrected chi connectivity index (χ0v) is 8.92. The van der Waals surface area contributed by atoms with Gasteiger partial charge in [-0.1, -0.05) is 26.7 Å². The number of hydrogen-bond acceptors (Lipinski definition) is 3. The van der Waals surface area contributed by atoms with E-state index in [1.165, 1.54) is 19.3 Å². The van der Waals surface area contributed by atoms with Crippen molar-refractivity contribution in [2.24, 2.45) is 11.7 Å². The molecule has 4 N–H and O–H groups in total. The molecule has 0 aliphatic carbocycles. The lowest BCUT2D eigenvalue weighted by atomic mass is 10.1. The van der Waals surface area contributed by atoms with E-state index < -0.39 is 0 Å². The molecule has 0 radical (unpaired) electrons. The van der Waals surface area contributed by atoms with Crippen LogP contribution in [-0.4, -0.2) is 30.8 Å². The van der Waals surface area contributed by atoms with Crippen LogP contribution in [0.1, 0.15) is 33.1 Å². The average molecular weight is 188 g/mol. The molecule has 1 unspecified atom stereocenters. The molecule has 0 spiro atoms. The van der Waals surface area contributed by atoms with Crippen LogP contribution in [0, 0.1) is 5.92 Å². The average Bonchev–Trinajstić information content (AvgIpc) is 2.10. The maximum atomic E-state index is 9.12. The molecule has 0 aromatic carbocycles. The van der Waals surface area contributed by atoms with E-state index in [0.29, 0.717) is 13.1 Å². The Morgan fingerprint density at radius 1 is 1.31 bits per heavy atom. The fourth-order valence-electron chi connectivity index (χ4n) is 1.15. The summed E-state index contributed by atoms with van der Waals surface area (Å²) in [5.41, 5.74) is 5.26. The van der Waals surface area contributed by atoms with E-state index in [1.807, 2.05) is 0 Å². The number of nitrogens with two attached hydrogens (primary N) is 1. The standard InChI is InChI=1S/C10H24N2O/c1-9(2)5-3-4-6-12-8-10(13)7-11/h9-10,12-13H,3-8,11H2,1-2H3. The second-order valence-corrected chi connectivity index (χ2v) is 3.98.